The summed E-state index contributed by atoms with van der Waals surface area (Å²) in [5.74, 6) is 2.57. The van der Waals surface area contributed by atoms with Crippen LogP contribution in [0.4, 0.5) is 0 Å². The van der Waals surface area contributed by atoms with Crippen molar-refractivity contribution in [2.45, 2.75) is 39.2 Å². The predicted molar refractivity (Wildman–Crippen MR) is 144 cm³/mol. The molecule has 1 aliphatic heterocycles. The van der Waals surface area contributed by atoms with Gasteiger partial charge in [-0.2, -0.15) is 0 Å². The van der Waals surface area contributed by atoms with Crippen molar-refractivity contribution >= 4 is 47.0 Å². The maximum Gasteiger partial charge on any atom is 0.146 e. The van der Waals surface area contributed by atoms with Crippen molar-refractivity contribution in [2.24, 2.45) is 0 Å². The molecule has 0 radical (unpaired) electrons. The third kappa shape index (κ3) is 4.80. The van der Waals surface area contributed by atoms with Gasteiger partial charge >= 0.3 is 0 Å². The minimum absolute atomic E-state index is 0.238. The zero-order valence-corrected chi connectivity index (χ0v) is 22.5. The molecule has 0 saturated carbocycles. The standard InChI is InChI=1S/C27H22O4S4/c1-29-25-18-10-5-12-20(25)34-22-14-7-15-23(27(22)31-3)35-21-13-6-11-19(26(21)30-2)33-17-9-4-8-16(32-18)24(17)28/h4-15,28H,1-3H3. The molecule has 0 saturated heterocycles. The number of phenolic OH excluding ortho intramolecular Hbond substituents is 1. The quantitative estimate of drug-likeness (QED) is 0.246. The van der Waals surface area contributed by atoms with E-state index in [9.17, 15) is 5.11 Å². The smallest absolute Gasteiger partial charge is 0.146 e. The van der Waals surface area contributed by atoms with Crippen LogP contribution in [0.5, 0.6) is 23.0 Å². The Hall–Kier alpha value is -2.52. The molecular weight excluding hydrogens is 517 g/mol. The lowest BCUT2D eigenvalue weighted by Gasteiger charge is -2.18. The molecule has 0 spiro atoms. The maximum atomic E-state index is 11.2. The number of para-hydroxylation sites is 4. The van der Waals surface area contributed by atoms with Crippen LogP contribution >= 0.6 is 47.0 Å². The first-order valence-corrected chi connectivity index (χ1v) is 13.9. The molecule has 8 heteroatoms. The van der Waals surface area contributed by atoms with Gasteiger partial charge in [0, 0.05) is 0 Å². The highest BCUT2D eigenvalue weighted by atomic mass is 32.2. The van der Waals surface area contributed by atoms with Crippen LogP contribution in [0, 0.1) is 0 Å². The molecule has 35 heavy (non-hydrogen) atoms. The van der Waals surface area contributed by atoms with E-state index in [1.807, 2.05) is 60.7 Å². The van der Waals surface area contributed by atoms with Gasteiger partial charge in [0.2, 0.25) is 0 Å². The van der Waals surface area contributed by atoms with Gasteiger partial charge in [0.05, 0.1) is 60.5 Å². The van der Waals surface area contributed by atoms with E-state index in [1.54, 1.807) is 44.9 Å². The molecule has 0 fully saturated rings. The number of ether oxygens (including phenoxy) is 3. The van der Waals surface area contributed by atoms with E-state index < -0.39 is 0 Å². The summed E-state index contributed by atoms with van der Waals surface area (Å²) in [5.41, 5.74) is 0. The molecule has 0 aromatic heterocycles. The van der Waals surface area contributed by atoms with Crippen molar-refractivity contribution < 1.29 is 19.3 Å². The number of aromatic hydroxyl groups is 1. The zero-order valence-electron chi connectivity index (χ0n) is 19.2. The van der Waals surface area contributed by atoms with Crippen molar-refractivity contribution in [1.82, 2.24) is 0 Å². The van der Waals surface area contributed by atoms with Crippen LogP contribution in [0.25, 0.3) is 0 Å². The lowest BCUT2D eigenvalue weighted by Crippen LogP contribution is -1.94. The summed E-state index contributed by atoms with van der Waals surface area (Å²) >= 11 is 6.15. The van der Waals surface area contributed by atoms with Gasteiger partial charge in [-0.3, -0.25) is 0 Å². The van der Waals surface area contributed by atoms with Crippen LogP contribution in [-0.4, -0.2) is 26.4 Å². The molecule has 8 bridgehead atoms. The number of phenols is 1. The number of methoxy groups -OCH3 is 3. The summed E-state index contributed by atoms with van der Waals surface area (Å²) in [5, 5.41) is 11.2. The van der Waals surface area contributed by atoms with E-state index >= 15 is 0 Å². The highest BCUT2D eigenvalue weighted by Gasteiger charge is 2.21. The van der Waals surface area contributed by atoms with Gasteiger partial charge in [-0.25, -0.2) is 0 Å². The fraction of sp³-hybridized carbons (Fsp3) is 0.111. The van der Waals surface area contributed by atoms with Crippen molar-refractivity contribution in [2.75, 3.05) is 21.3 Å². The average molecular weight is 539 g/mol. The van der Waals surface area contributed by atoms with Gasteiger partial charge in [0.1, 0.15) is 23.0 Å². The molecule has 0 amide bonds. The average Bonchev–Trinajstić information content (AvgIpc) is 2.86. The maximum absolute atomic E-state index is 11.2. The first-order valence-electron chi connectivity index (χ1n) is 10.7. The van der Waals surface area contributed by atoms with E-state index in [0.29, 0.717) is 0 Å². The number of rotatable bonds is 3. The Bertz CT molecular complexity index is 1290. The summed E-state index contributed by atoms with van der Waals surface area (Å²) in [6.07, 6.45) is 0. The van der Waals surface area contributed by atoms with Crippen LogP contribution in [0.1, 0.15) is 0 Å². The van der Waals surface area contributed by atoms with Gasteiger partial charge in [0.25, 0.3) is 0 Å². The lowest BCUT2D eigenvalue weighted by molar-refractivity contribution is 0.391. The molecule has 178 valence electrons. The number of fused-ring (bicyclic) bond motifs is 8. The second-order valence-electron chi connectivity index (χ2n) is 7.37. The summed E-state index contributed by atoms with van der Waals surface area (Å²) in [4.78, 5) is 7.26. The fourth-order valence-electron chi connectivity index (χ4n) is 3.71. The van der Waals surface area contributed by atoms with Crippen molar-refractivity contribution in [3.05, 3.63) is 72.8 Å². The SMILES string of the molecule is COc1c2cccc1Sc1cccc(c1OC)Sc1cccc(c1OC)Sc1cccc(c1O)S2. The van der Waals surface area contributed by atoms with Crippen LogP contribution in [0.15, 0.2) is 112 Å². The van der Waals surface area contributed by atoms with E-state index in [4.69, 9.17) is 14.2 Å². The van der Waals surface area contributed by atoms with Crippen LogP contribution < -0.4 is 14.2 Å². The molecule has 4 nitrogen and oxygen atoms in total. The second kappa shape index (κ2) is 10.6. The topological polar surface area (TPSA) is 47.9 Å². The minimum atomic E-state index is 0.238. The first kappa shape index (κ1) is 24.2. The zero-order chi connectivity index (χ0) is 24.4. The number of hydrogen-bond acceptors (Lipinski definition) is 8. The van der Waals surface area contributed by atoms with E-state index in [-0.39, 0.29) is 5.75 Å². The van der Waals surface area contributed by atoms with Crippen LogP contribution in [-0.2, 0) is 0 Å². The van der Waals surface area contributed by atoms with E-state index in [0.717, 1.165) is 56.4 Å². The third-order valence-corrected chi connectivity index (χ3v) is 9.63. The van der Waals surface area contributed by atoms with Gasteiger partial charge < -0.3 is 19.3 Å². The highest BCUT2D eigenvalue weighted by molar-refractivity contribution is 8.01. The van der Waals surface area contributed by atoms with Crippen molar-refractivity contribution in [3.8, 4) is 23.0 Å². The van der Waals surface area contributed by atoms with Crippen molar-refractivity contribution in [1.29, 1.82) is 0 Å². The summed E-state index contributed by atoms with van der Waals surface area (Å²) in [7, 11) is 5.05. The normalized spacial score (nSPS) is 12.7. The minimum Gasteiger partial charge on any atom is -0.506 e. The molecular formula is C27H22O4S4. The van der Waals surface area contributed by atoms with Gasteiger partial charge in [0.15, 0.2) is 0 Å². The summed E-state index contributed by atoms with van der Waals surface area (Å²) in [6.45, 7) is 0. The largest absolute Gasteiger partial charge is 0.506 e. The van der Waals surface area contributed by atoms with Crippen LogP contribution in [0.3, 0.4) is 0 Å². The molecule has 4 aromatic rings. The number of benzene rings is 4. The van der Waals surface area contributed by atoms with E-state index in [1.165, 1.54) is 23.5 Å². The molecule has 1 aliphatic rings. The Morgan fingerprint density at radius 1 is 0.429 bits per heavy atom. The predicted octanol–water partition coefficient (Wildman–Crippen LogP) is 8.34. The van der Waals surface area contributed by atoms with Gasteiger partial charge in [-0.05, 0) is 48.5 Å². The molecule has 1 heterocycles. The molecule has 0 aliphatic carbocycles. The summed E-state index contributed by atoms with van der Waals surface area (Å²) in [6, 6.07) is 24.0. The highest BCUT2D eigenvalue weighted by Crippen LogP contribution is 2.52. The molecule has 4 aromatic carbocycles. The Labute approximate surface area is 221 Å². The molecule has 0 unspecified atom stereocenters. The van der Waals surface area contributed by atoms with Gasteiger partial charge in [-0.1, -0.05) is 71.3 Å². The molecule has 5 rings (SSSR count). The lowest BCUT2D eigenvalue weighted by atomic mass is 10.3. The Morgan fingerprint density at radius 2 is 0.657 bits per heavy atom. The molecule has 1 N–H and O–H groups in total. The third-order valence-electron chi connectivity index (χ3n) is 5.28. The summed E-state index contributed by atoms with van der Waals surface area (Å²) < 4.78 is 17.6. The Balaban J connectivity index is 1.75. The Kier molecular flexibility index (Phi) is 7.34. The number of hydrogen-bond donors (Lipinski definition) is 1. The Morgan fingerprint density at radius 3 is 0.914 bits per heavy atom. The fourth-order valence-corrected chi connectivity index (χ4v) is 8.22. The van der Waals surface area contributed by atoms with Crippen molar-refractivity contribution in [3.63, 3.8) is 0 Å². The molecule has 0 atom stereocenters. The van der Waals surface area contributed by atoms with E-state index in [2.05, 4.69) is 12.1 Å². The first-order chi connectivity index (χ1) is 17.1. The monoisotopic (exact) mass is 538 g/mol. The van der Waals surface area contributed by atoms with Crippen LogP contribution in [0.2, 0.25) is 0 Å². The van der Waals surface area contributed by atoms with Gasteiger partial charge in [-0.15, -0.1) is 0 Å². The second-order valence-corrected chi connectivity index (χ2v) is 11.7.